The van der Waals surface area contributed by atoms with E-state index >= 15 is 0 Å². The third kappa shape index (κ3) is 4.37. The van der Waals surface area contributed by atoms with Crippen LogP contribution in [0.25, 0.3) is 10.8 Å². The minimum atomic E-state index is -0.229. The molecule has 0 atom stereocenters. The van der Waals surface area contributed by atoms with Gasteiger partial charge in [0.05, 0.1) is 18.9 Å². The highest BCUT2D eigenvalue weighted by Crippen LogP contribution is 2.26. The molecule has 6 nitrogen and oxygen atoms in total. The number of phenolic OH excluding ortho intramolecular Hbond substituents is 1. The van der Waals surface area contributed by atoms with E-state index in [0.717, 1.165) is 50.0 Å². The lowest BCUT2D eigenvalue weighted by Gasteiger charge is -2.26. The van der Waals surface area contributed by atoms with E-state index in [1.54, 1.807) is 12.1 Å². The van der Waals surface area contributed by atoms with Gasteiger partial charge in [0.25, 0.3) is 0 Å². The van der Waals surface area contributed by atoms with Crippen molar-refractivity contribution in [3.05, 3.63) is 36.4 Å². The molecule has 3 rings (SSSR count). The number of nitrogens with zero attached hydrogens (tertiary/aromatic N) is 1. The monoisotopic (exact) mass is 329 g/mol. The van der Waals surface area contributed by atoms with Crippen LogP contribution in [-0.4, -0.2) is 55.4 Å². The maximum atomic E-state index is 12.1. The Hall–Kier alpha value is -2.31. The van der Waals surface area contributed by atoms with Gasteiger partial charge < -0.3 is 20.5 Å². The van der Waals surface area contributed by atoms with Crippen molar-refractivity contribution in [2.45, 2.75) is 6.42 Å². The smallest absolute Gasteiger partial charge is 0.319 e. The number of fused-ring (bicyclic) bond motifs is 1. The molecule has 1 aliphatic heterocycles. The molecule has 2 aromatic carbocycles. The average molecular weight is 329 g/mol. The third-order valence-corrected chi connectivity index (χ3v) is 4.15. The SMILES string of the molecule is O=C(NCCCN1CCOCC1)Nc1cccc2ccc(O)cc12. The topological polar surface area (TPSA) is 73.8 Å². The van der Waals surface area contributed by atoms with E-state index in [4.69, 9.17) is 4.74 Å². The van der Waals surface area contributed by atoms with Crippen LogP contribution in [0.4, 0.5) is 10.5 Å². The number of hydrogen-bond donors (Lipinski definition) is 3. The molecule has 0 aromatic heterocycles. The largest absolute Gasteiger partial charge is 0.508 e. The van der Waals surface area contributed by atoms with Crippen molar-refractivity contribution in [1.82, 2.24) is 10.2 Å². The van der Waals surface area contributed by atoms with Crippen molar-refractivity contribution in [2.75, 3.05) is 44.7 Å². The number of morpholine rings is 1. The number of benzene rings is 2. The van der Waals surface area contributed by atoms with Crippen LogP contribution in [0.3, 0.4) is 0 Å². The first-order chi connectivity index (χ1) is 11.7. The van der Waals surface area contributed by atoms with Crippen LogP contribution in [0.2, 0.25) is 0 Å². The highest BCUT2D eigenvalue weighted by molar-refractivity contribution is 6.02. The van der Waals surface area contributed by atoms with Crippen molar-refractivity contribution in [2.24, 2.45) is 0 Å². The maximum absolute atomic E-state index is 12.1. The average Bonchev–Trinajstić information content (AvgIpc) is 2.60. The van der Waals surface area contributed by atoms with Gasteiger partial charge in [-0.05, 0) is 36.6 Å². The molecule has 128 valence electrons. The summed E-state index contributed by atoms with van der Waals surface area (Å²) in [5.74, 6) is 0.183. The number of aromatic hydroxyl groups is 1. The van der Waals surface area contributed by atoms with Crippen LogP contribution in [-0.2, 0) is 4.74 Å². The normalized spacial score (nSPS) is 15.3. The van der Waals surface area contributed by atoms with Crippen molar-refractivity contribution in [1.29, 1.82) is 0 Å². The van der Waals surface area contributed by atoms with E-state index in [1.807, 2.05) is 24.3 Å². The van der Waals surface area contributed by atoms with Crippen LogP contribution in [0.1, 0.15) is 6.42 Å². The molecule has 2 aromatic rings. The number of carbonyl (C=O) groups excluding carboxylic acids is 1. The van der Waals surface area contributed by atoms with E-state index in [0.29, 0.717) is 12.2 Å². The lowest BCUT2D eigenvalue weighted by atomic mass is 10.1. The second-order valence-corrected chi connectivity index (χ2v) is 5.90. The summed E-state index contributed by atoms with van der Waals surface area (Å²) in [6, 6.07) is 10.5. The summed E-state index contributed by atoms with van der Waals surface area (Å²) in [5, 5.41) is 17.2. The molecule has 0 spiro atoms. The summed E-state index contributed by atoms with van der Waals surface area (Å²) in [6.07, 6.45) is 0.906. The standard InChI is InChI=1S/C18H23N3O3/c22-15-6-5-14-3-1-4-17(16(14)13-15)20-18(23)19-7-2-8-21-9-11-24-12-10-21/h1,3-6,13,22H,2,7-12H2,(H2,19,20,23). The molecular weight excluding hydrogens is 306 g/mol. The number of carbonyl (C=O) groups is 1. The minimum absolute atomic E-state index is 0.183. The van der Waals surface area contributed by atoms with E-state index in [-0.39, 0.29) is 11.8 Å². The zero-order valence-corrected chi connectivity index (χ0v) is 13.6. The number of nitrogens with one attached hydrogen (secondary N) is 2. The molecule has 6 heteroatoms. The van der Waals surface area contributed by atoms with Crippen molar-refractivity contribution < 1.29 is 14.6 Å². The van der Waals surface area contributed by atoms with E-state index in [2.05, 4.69) is 15.5 Å². The summed E-state index contributed by atoms with van der Waals surface area (Å²) < 4.78 is 5.31. The molecule has 24 heavy (non-hydrogen) atoms. The Bertz CT molecular complexity index is 699. The Labute approximate surface area is 141 Å². The zero-order chi connectivity index (χ0) is 16.8. The Kier molecular flexibility index (Phi) is 5.51. The highest BCUT2D eigenvalue weighted by Gasteiger charge is 2.10. The molecular formula is C18H23N3O3. The molecule has 1 fully saturated rings. The van der Waals surface area contributed by atoms with Gasteiger partial charge in [0.1, 0.15) is 5.75 Å². The first-order valence-electron chi connectivity index (χ1n) is 8.29. The quantitative estimate of drug-likeness (QED) is 0.737. The van der Waals surface area contributed by atoms with E-state index < -0.39 is 0 Å². The molecule has 1 saturated heterocycles. The van der Waals surface area contributed by atoms with Crippen LogP contribution in [0.15, 0.2) is 36.4 Å². The lowest BCUT2D eigenvalue weighted by molar-refractivity contribution is 0.0375. The van der Waals surface area contributed by atoms with Crippen molar-refractivity contribution in [3.8, 4) is 5.75 Å². The summed E-state index contributed by atoms with van der Waals surface area (Å²) >= 11 is 0. The number of urea groups is 1. The van der Waals surface area contributed by atoms with Gasteiger partial charge in [0, 0.05) is 25.0 Å². The number of hydrogen-bond acceptors (Lipinski definition) is 4. The summed E-state index contributed by atoms with van der Waals surface area (Å²) in [5.41, 5.74) is 0.689. The van der Waals surface area contributed by atoms with Crippen LogP contribution < -0.4 is 10.6 Å². The zero-order valence-electron chi connectivity index (χ0n) is 13.6. The predicted molar refractivity (Wildman–Crippen MR) is 94.5 cm³/mol. The van der Waals surface area contributed by atoms with Gasteiger partial charge in [-0.15, -0.1) is 0 Å². The van der Waals surface area contributed by atoms with Gasteiger partial charge in [0.15, 0.2) is 0 Å². The van der Waals surface area contributed by atoms with Crippen LogP contribution in [0.5, 0.6) is 5.75 Å². The van der Waals surface area contributed by atoms with Gasteiger partial charge in [-0.25, -0.2) is 4.79 Å². The van der Waals surface area contributed by atoms with E-state index in [9.17, 15) is 9.90 Å². The fraction of sp³-hybridized carbons (Fsp3) is 0.389. The van der Waals surface area contributed by atoms with Crippen molar-refractivity contribution >= 4 is 22.5 Å². The Balaban J connectivity index is 1.49. The lowest BCUT2D eigenvalue weighted by Crippen LogP contribution is -2.38. The minimum Gasteiger partial charge on any atom is -0.508 e. The highest BCUT2D eigenvalue weighted by atomic mass is 16.5. The Morgan fingerprint density at radius 3 is 2.88 bits per heavy atom. The molecule has 3 N–H and O–H groups in total. The fourth-order valence-electron chi connectivity index (χ4n) is 2.87. The fourth-order valence-corrected chi connectivity index (χ4v) is 2.87. The van der Waals surface area contributed by atoms with Gasteiger partial charge >= 0.3 is 6.03 Å². The second-order valence-electron chi connectivity index (χ2n) is 5.90. The number of ether oxygens (including phenoxy) is 1. The predicted octanol–water partition coefficient (Wildman–Crippen LogP) is 2.39. The molecule has 0 unspecified atom stereocenters. The summed E-state index contributed by atoms with van der Waals surface area (Å²) in [4.78, 5) is 14.4. The molecule has 0 radical (unpaired) electrons. The Morgan fingerprint density at radius 2 is 2.04 bits per heavy atom. The Morgan fingerprint density at radius 1 is 1.21 bits per heavy atom. The summed E-state index contributed by atoms with van der Waals surface area (Å²) in [6.45, 7) is 5.10. The molecule has 1 heterocycles. The number of anilines is 1. The van der Waals surface area contributed by atoms with Gasteiger partial charge in [0.2, 0.25) is 0 Å². The van der Waals surface area contributed by atoms with E-state index in [1.165, 1.54) is 0 Å². The second kappa shape index (κ2) is 7.99. The van der Waals surface area contributed by atoms with Crippen LogP contribution >= 0.6 is 0 Å². The first-order valence-corrected chi connectivity index (χ1v) is 8.29. The number of phenols is 1. The molecule has 0 saturated carbocycles. The van der Waals surface area contributed by atoms with Gasteiger partial charge in [-0.2, -0.15) is 0 Å². The van der Waals surface area contributed by atoms with Gasteiger partial charge in [-0.3, -0.25) is 4.90 Å². The molecule has 0 bridgehead atoms. The first kappa shape index (κ1) is 16.5. The van der Waals surface area contributed by atoms with Gasteiger partial charge in [-0.1, -0.05) is 18.2 Å². The summed E-state index contributed by atoms with van der Waals surface area (Å²) in [7, 11) is 0. The number of amides is 2. The third-order valence-electron chi connectivity index (χ3n) is 4.15. The maximum Gasteiger partial charge on any atom is 0.319 e. The molecule has 0 aliphatic carbocycles. The molecule has 2 amide bonds. The molecule has 1 aliphatic rings. The number of rotatable bonds is 5. The van der Waals surface area contributed by atoms with Crippen LogP contribution in [0, 0.1) is 0 Å². The van der Waals surface area contributed by atoms with Crippen molar-refractivity contribution in [3.63, 3.8) is 0 Å².